The second kappa shape index (κ2) is 5.18. The Kier molecular flexibility index (Phi) is 3.77. The zero-order valence-electron chi connectivity index (χ0n) is 10.4. The average molecular weight is 285 g/mol. The van der Waals surface area contributed by atoms with Gasteiger partial charge in [-0.15, -0.1) is 0 Å². The number of phenols is 1. The monoisotopic (exact) mass is 285 g/mol. The topological polar surface area (TPSA) is 83.9 Å². The molecule has 0 bridgehead atoms. The van der Waals surface area contributed by atoms with E-state index in [9.17, 15) is 18.3 Å². The lowest BCUT2D eigenvalue weighted by Crippen LogP contribution is -2.41. The fourth-order valence-corrected chi connectivity index (χ4v) is 3.93. The fraction of sp³-hybridized carbons (Fsp3) is 0.417. The second-order valence-corrected chi connectivity index (χ2v) is 6.12. The summed E-state index contributed by atoms with van der Waals surface area (Å²) in [7, 11) is -2.66. The van der Waals surface area contributed by atoms with Gasteiger partial charge in [0, 0.05) is 6.54 Å². The predicted molar refractivity (Wildman–Crippen MR) is 67.0 cm³/mol. The van der Waals surface area contributed by atoms with E-state index in [4.69, 9.17) is 0 Å². The smallest absolute Gasteiger partial charge is 0.324 e. The molecule has 104 valence electrons. The number of carbonyl (C=O) groups is 1. The summed E-state index contributed by atoms with van der Waals surface area (Å²) < 4.78 is 30.6. The molecule has 1 aliphatic rings. The summed E-state index contributed by atoms with van der Waals surface area (Å²) in [6.45, 7) is 0.246. The molecule has 1 N–H and O–H groups in total. The molecule has 0 aliphatic carbocycles. The van der Waals surface area contributed by atoms with Gasteiger partial charge in [-0.3, -0.25) is 4.79 Å². The van der Waals surface area contributed by atoms with Crippen molar-refractivity contribution < 1.29 is 23.1 Å². The first-order valence-electron chi connectivity index (χ1n) is 5.86. The zero-order valence-corrected chi connectivity index (χ0v) is 11.3. The molecule has 1 unspecified atom stereocenters. The van der Waals surface area contributed by atoms with Gasteiger partial charge >= 0.3 is 5.97 Å². The number of aromatic hydroxyl groups is 1. The molecule has 0 saturated carbocycles. The van der Waals surface area contributed by atoms with Gasteiger partial charge in [-0.2, -0.15) is 4.31 Å². The fourth-order valence-electron chi connectivity index (χ4n) is 2.20. The third-order valence-electron chi connectivity index (χ3n) is 3.13. The van der Waals surface area contributed by atoms with Crippen LogP contribution in [0.5, 0.6) is 5.75 Å². The number of hydrogen-bond donors (Lipinski definition) is 1. The Morgan fingerprint density at radius 1 is 1.42 bits per heavy atom. The summed E-state index contributed by atoms with van der Waals surface area (Å²) in [5, 5.41) is 9.67. The molecule has 7 heteroatoms. The molecule has 0 spiro atoms. The van der Waals surface area contributed by atoms with E-state index in [1.54, 1.807) is 0 Å². The van der Waals surface area contributed by atoms with Gasteiger partial charge in [0.15, 0.2) is 0 Å². The number of carbonyl (C=O) groups excluding carboxylic acids is 1. The number of para-hydroxylation sites is 1. The van der Waals surface area contributed by atoms with Crippen LogP contribution >= 0.6 is 0 Å². The lowest BCUT2D eigenvalue weighted by molar-refractivity contribution is -0.144. The number of esters is 1. The number of methoxy groups -OCH3 is 1. The maximum atomic E-state index is 12.4. The van der Waals surface area contributed by atoms with Crippen LogP contribution in [0.25, 0.3) is 0 Å². The third kappa shape index (κ3) is 2.43. The molecule has 1 aliphatic heterocycles. The summed E-state index contributed by atoms with van der Waals surface area (Å²) >= 11 is 0. The minimum Gasteiger partial charge on any atom is -0.507 e. The minimum atomic E-state index is -3.89. The summed E-state index contributed by atoms with van der Waals surface area (Å²) in [4.78, 5) is 11.4. The summed E-state index contributed by atoms with van der Waals surface area (Å²) in [5.41, 5.74) is 0. The lowest BCUT2D eigenvalue weighted by Gasteiger charge is -2.22. The first-order chi connectivity index (χ1) is 8.98. The van der Waals surface area contributed by atoms with Crippen molar-refractivity contribution in [1.82, 2.24) is 4.31 Å². The van der Waals surface area contributed by atoms with Crippen molar-refractivity contribution in [3.05, 3.63) is 24.3 Å². The number of sulfonamides is 1. The van der Waals surface area contributed by atoms with Crippen LogP contribution in [-0.2, 0) is 19.6 Å². The van der Waals surface area contributed by atoms with Crippen LogP contribution in [0.1, 0.15) is 12.8 Å². The van der Waals surface area contributed by atoms with E-state index in [2.05, 4.69) is 4.74 Å². The maximum absolute atomic E-state index is 12.4. The summed E-state index contributed by atoms with van der Waals surface area (Å²) in [5.74, 6) is -0.894. The molecule has 1 heterocycles. The van der Waals surface area contributed by atoms with E-state index in [0.29, 0.717) is 12.8 Å². The van der Waals surface area contributed by atoms with Crippen molar-refractivity contribution in [3.63, 3.8) is 0 Å². The van der Waals surface area contributed by atoms with Crippen LogP contribution in [0.4, 0.5) is 0 Å². The van der Waals surface area contributed by atoms with E-state index in [-0.39, 0.29) is 17.2 Å². The van der Waals surface area contributed by atoms with E-state index in [1.165, 1.54) is 31.4 Å². The normalized spacial score (nSPS) is 20.4. The molecule has 0 radical (unpaired) electrons. The Bertz CT molecular complexity index is 584. The highest BCUT2D eigenvalue weighted by molar-refractivity contribution is 7.89. The summed E-state index contributed by atoms with van der Waals surface area (Å²) in [6, 6.07) is 4.87. The number of nitrogens with zero attached hydrogens (tertiary/aromatic N) is 1. The Balaban J connectivity index is 2.40. The van der Waals surface area contributed by atoms with Crippen molar-refractivity contribution >= 4 is 16.0 Å². The van der Waals surface area contributed by atoms with Crippen LogP contribution < -0.4 is 0 Å². The third-order valence-corrected chi connectivity index (χ3v) is 5.08. The Morgan fingerprint density at radius 2 is 2.11 bits per heavy atom. The van der Waals surface area contributed by atoms with Crippen LogP contribution in [-0.4, -0.2) is 43.5 Å². The van der Waals surface area contributed by atoms with Crippen molar-refractivity contribution in [2.24, 2.45) is 0 Å². The highest BCUT2D eigenvalue weighted by atomic mass is 32.2. The maximum Gasteiger partial charge on any atom is 0.324 e. The Labute approximate surface area is 111 Å². The molecule has 6 nitrogen and oxygen atoms in total. The number of hydrogen-bond acceptors (Lipinski definition) is 5. The number of benzene rings is 1. The predicted octanol–water partition coefficient (Wildman–Crippen LogP) is 0.718. The van der Waals surface area contributed by atoms with E-state index in [0.717, 1.165) is 4.31 Å². The van der Waals surface area contributed by atoms with Crippen molar-refractivity contribution in [2.45, 2.75) is 23.8 Å². The summed E-state index contributed by atoms with van der Waals surface area (Å²) in [6.07, 6.45) is 1.02. The highest BCUT2D eigenvalue weighted by Gasteiger charge is 2.40. The quantitative estimate of drug-likeness (QED) is 0.827. The lowest BCUT2D eigenvalue weighted by atomic mass is 10.2. The molecule has 0 aromatic heterocycles. The Morgan fingerprint density at radius 3 is 2.74 bits per heavy atom. The first kappa shape index (κ1) is 13.8. The Hall–Kier alpha value is -1.60. The molecule has 1 aromatic rings. The van der Waals surface area contributed by atoms with Gasteiger partial charge in [-0.25, -0.2) is 8.42 Å². The van der Waals surface area contributed by atoms with Gasteiger partial charge in [-0.05, 0) is 25.0 Å². The van der Waals surface area contributed by atoms with E-state index >= 15 is 0 Å². The van der Waals surface area contributed by atoms with Gasteiger partial charge in [-0.1, -0.05) is 12.1 Å². The van der Waals surface area contributed by atoms with Gasteiger partial charge in [0.05, 0.1) is 7.11 Å². The van der Waals surface area contributed by atoms with Crippen LogP contribution in [0.3, 0.4) is 0 Å². The minimum absolute atomic E-state index is 0.189. The van der Waals surface area contributed by atoms with Crippen molar-refractivity contribution in [3.8, 4) is 5.75 Å². The number of phenolic OH excluding ortho intramolecular Hbond substituents is 1. The van der Waals surface area contributed by atoms with Gasteiger partial charge in [0.2, 0.25) is 10.0 Å². The van der Waals surface area contributed by atoms with Crippen molar-refractivity contribution in [1.29, 1.82) is 0 Å². The molecule has 1 aromatic carbocycles. The van der Waals surface area contributed by atoms with Crippen LogP contribution in [0.15, 0.2) is 29.2 Å². The largest absolute Gasteiger partial charge is 0.507 e. The van der Waals surface area contributed by atoms with Crippen LogP contribution in [0, 0.1) is 0 Å². The van der Waals surface area contributed by atoms with Crippen LogP contribution in [0.2, 0.25) is 0 Å². The molecule has 1 fully saturated rings. The SMILES string of the molecule is COC(=O)C1CCCN1S(=O)(=O)c1ccccc1O. The number of ether oxygens (including phenoxy) is 1. The zero-order chi connectivity index (χ0) is 14.0. The standard InChI is InChI=1S/C12H15NO5S/c1-18-12(15)9-5-4-8-13(9)19(16,17)11-7-3-2-6-10(11)14/h2-3,6-7,9,14H,4-5,8H2,1H3. The average Bonchev–Trinajstić information content (AvgIpc) is 2.88. The first-order valence-corrected chi connectivity index (χ1v) is 7.30. The molecule has 2 rings (SSSR count). The molecular formula is C12H15NO5S. The number of rotatable bonds is 3. The molecular weight excluding hydrogens is 270 g/mol. The van der Waals surface area contributed by atoms with Gasteiger partial charge in [0.25, 0.3) is 0 Å². The second-order valence-electron chi connectivity index (χ2n) is 4.26. The van der Waals surface area contributed by atoms with E-state index < -0.39 is 22.0 Å². The highest BCUT2D eigenvalue weighted by Crippen LogP contribution is 2.30. The molecule has 0 amide bonds. The molecule has 1 saturated heterocycles. The van der Waals surface area contributed by atoms with Crippen molar-refractivity contribution in [2.75, 3.05) is 13.7 Å². The van der Waals surface area contributed by atoms with E-state index in [1.807, 2.05) is 0 Å². The molecule has 19 heavy (non-hydrogen) atoms. The van der Waals surface area contributed by atoms with Gasteiger partial charge in [0.1, 0.15) is 16.7 Å². The molecule has 1 atom stereocenters. The van der Waals surface area contributed by atoms with Gasteiger partial charge < -0.3 is 9.84 Å².